The fraction of sp³-hybridized carbons (Fsp3) is 1.00. The Labute approximate surface area is 107 Å². The van der Waals surface area contributed by atoms with E-state index in [0.29, 0.717) is 17.7 Å². The second-order valence-corrected chi connectivity index (χ2v) is 8.93. The highest BCUT2D eigenvalue weighted by atomic mass is 32.2. The normalized spacial score (nSPS) is 15.2. The molecule has 0 amide bonds. The summed E-state index contributed by atoms with van der Waals surface area (Å²) in [6, 6.07) is 0.493. The molecule has 0 aromatic rings. The smallest absolute Gasteiger partial charge is 0.155 e. The maximum Gasteiger partial charge on any atom is 0.155 e. The van der Waals surface area contributed by atoms with Crippen LogP contribution in [0, 0.1) is 5.92 Å². The zero-order valence-corrected chi connectivity index (χ0v) is 13.0. The van der Waals surface area contributed by atoms with E-state index >= 15 is 0 Å². The molecule has 1 atom stereocenters. The van der Waals surface area contributed by atoms with Crippen LogP contribution in [0.5, 0.6) is 0 Å². The first-order valence-electron chi connectivity index (χ1n) is 6.51. The van der Waals surface area contributed by atoms with Crippen LogP contribution in [-0.4, -0.2) is 32.0 Å². The lowest BCUT2D eigenvalue weighted by atomic mass is 9.99. The number of unbranched alkanes of at least 4 members (excludes halogenated alkanes) is 1. The highest BCUT2D eigenvalue weighted by Crippen LogP contribution is 2.18. The Hall–Kier alpha value is -0.0900. The first kappa shape index (κ1) is 16.9. The molecule has 0 aromatic carbocycles. The van der Waals surface area contributed by atoms with Crippen molar-refractivity contribution in [1.29, 1.82) is 0 Å². The van der Waals surface area contributed by atoms with Gasteiger partial charge in [-0.15, -0.1) is 0 Å². The number of sulfone groups is 1. The van der Waals surface area contributed by atoms with Gasteiger partial charge in [-0.05, 0) is 46.6 Å². The zero-order valence-electron chi connectivity index (χ0n) is 12.2. The van der Waals surface area contributed by atoms with Crippen molar-refractivity contribution in [3.63, 3.8) is 0 Å². The molecule has 4 heteroatoms. The molecular weight excluding hydrogens is 234 g/mol. The highest BCUT2D eigenvalue weighted by Gasteiger charge is 2.28. The van der Waals surface area contributed by atoms with Crippen LogP contribution in [-0.2, 0) is 9.84 Å². The predicted molar refractivity (Wildman–Crippen MR) is 75.1 cm³/mol. The Morgan fingerprint density at radius 1 is 1.12 bits per heavy atom. The predicted octanol–water partition coefficient (Wildman–Crippen LogP) is 2.61. The van der Waals surface area contributed by atoms with E-state index in [9.17, 15) is 8.42 Å². The summed E-state index contributed by atoms with van der Waals surface area (Å²) in [5, 5.41) is 3.28. The molecular formula is C13H29NO2S. The molecule has 1 unspecified atom stereocenters. The van der Waals surface area contributed by atoms with Gasteiger partial charge in [0.25, 0.3) is 0 Å². The first-order chi connectivity index (χ1) is 7.62. The average molecular weight is 263 g/mol. The Morgan fingerprint density at radius 3 is 2.00 bits per heavy atom. The largest absolute Gasteiger partial charge is 0.317 e. The van der Waals surface area contributed by atoms with E-state index in [1.165, 1.54) is 0 Å². The van der Waals surface area contributed by atoms with Crippen molar-refractivity contribution < 1.29 is 8.42 Å². The van der Waals surface area contributed by atoms with Crippen molar-refractivity contribution in [1.82, 2.24) is 5.32 Å². The highest BCUT2D eigenvalue weighted by molar-refractivity contribution is 7.92. The Kier molecular flexibility index (Phi) is 6.70. The maximum atomic E-state index is 11.9. The molecule has 0 spiro atoms. The van der Waals surface area contributed by atoms with Crippen LogP contribution in [0.15, 0.2) is 0 Å². The monoisotopic (exact) mass is 263 g/mol. The summed E-state index contributed by atoms with van der Waals surface area (Å²) < 4.78 is 23.2. The van der Waals surface area contributed by atoms with Crippen LogP contribution >= 0.6 is 0 Å². The number of hydrogen-bond acceptors (Lipinski definition) is 3. The quantitative estimate of drug-likeness (QED) is 0.718. The van der Waals surface area contributed by atoms with Gasteiger partial charge in [-0.25, -0.2) is 8.42 Å². The van der Waals surface area contributed by atoms with E-state index < -0.39 is 14.6 Å². The molecule has 17 heavy (non-hydrogen) atoms. The van der Waals surface area contributed by atoms with Gasteiger partial charge in [-0.2, -0.15) is 0 Å². The molecule has 0 rings (SSSR count). The molecule has 0 aliphatic carbocycles. The molecule has 0 radical (unpaired) electrons. The van der Waals surface area contributed by atoms with Gasteiger partial charge < -0.3 is 5.32 Å². The topological polar surface area (TPSA) is 46.2 Å². The third-order valence-electron chi connectivity index (χ3n) is 3.29. The fourth-order valence-electron chi connectivity index (χ4n) is 1.77. The summed E-state index contributed by atoms with van der Waals surface area (Å²) in [5.41, 5.74) is 0. The Balaban J connectivity index is 4.02. The van der Waals surface area contributed by atoms with Crippen LogP contribution in [0.25, 0.3) is 0 Å². The summed E-state index contributed by atoms with van der Waals surface area (Å²) in [6.45, 7) is 9.69. The molecule has 0 bridgehead atoms. The van der Waals surface area contributed by atoms with Crippen LogP contribution in [0.1, 0.15) is 53.9 Å². The second kappa shape index (κ2) is 6.74. The number of nitrogens with one attached hydrogen (secondary N) is 1. The summed E-state index contributed by atoms with van der Waals surface area (Å²) in [5.74, 6) is 0.907. The minimum absolute atomic E-state index is 0.311. The lowest BCUT2D eigenvalue weighted by molar-refractivity contribution is 0.392. The third-order valence-corrected chi connectivity index (χ3v) is 5.98. The fourth-order valence-corrected chi connectivity index (χ4v) is 2.97. The molecule has 104 valence electrons. The summed E-state index contributed by atoms with van der Waals surface area (Å²) in [6.07, 6.45) is 2.79. The minimum Gasteiger partial charge on any atom is -0.317 e. The van der Waals surface area contributed by atoms with Crippen molar-refractivity contribution in [3.8, 4) is 0 Å². The number of rotatable bonds is 7. The SMILES string of the molecule is CNC(CCCCS(=O)(=O)C(C)(C)C)C(C)C. The Bertz CT molecular complexity index is 302. The zero-order chi connectivity index (χ0) is 13.7. The van der Waals surface area contributed by atoms with E-state index in [4.69, 9.17) is 0 Å². The molecule has 0 saturated heterocycles. The molecule has 0 heterocycles. The van der Waals surface area contributed by atoms with Gasteiger partial charge >= 0.3 is 0 Å². The van der Waals surface area contributed by atoms with Crippen LogP contribution in [0.4, 0.5) is 0 Å². The summed E-state index contributed by atoms with van der Waals surface area (Å²) >= 11 is 0. The lowest BCUT2D eigenvalue weighted by Gasteiger charge is -2.21. The van der Waals surface area contributed by atoms with Crippen molar-refractivity contribution in [3.05, 3.63) is 0 Å². The van der Waals surface area contributed by atoms with Gasteiger partial charge in [-0.3, -0.25) is 0 Å². The van der Waals surface area contributed by atoms with E-state index in [1.54, 1.807) is 20.8 Å². The summed E-state index contributed by atoms with van der Waals surface area (Å²) in [7, 11) is -0.974. The second-order valence-electron chi connectivity index (χ2n) is 6.07. The molecule has 3 nitrogen and oxygen atoms in total. The van der Waals surface area contributed by atoms with E-state index in [2.05, 4.69) is 19.2 Å². The van der Waals surface area contributed by atoms with Crippen LogP contribution < -0.4 is 5.32 Å². The van der Waals surface area contributed by atoms with Crippen molar-refractivity contribution in [2.75, 3.05) is 12.8 Å². The van der Waals surface area contributed by atoms with Gasteiger partial charge in [0.2, 0.25) is 0 Å². The maximum absolute atomic E-state index is 11.9. The lowest BCUT2D eigenvalue weighted by Crippen LogP contribution is -2.32. The van der Waals surface area contributed by atoms with Gasteiger partial charge in [0.15, 0.2) is 9.84 Å². The average Bonchev–Trinajstić information content (AvgIpc) is 2.15. The van der Waals surface area contributed by atoms with Gasteiger partial charge in [0, 0.05) is 6.04 Å². The molecule has 0 aromatic heterocycles. The molecule has 0 saturated carbocycles. The molecule has 0 fully saturated rings. The molecule has 0 aliphatic rings. The van der Waals surface area contributed by atoms with E-state index in [-0.39, 0.29) is 0 Å². The van der Waals surface area contributed by atoms with E-state index in [1.807, 2.05) is 7.05 Å². The molecule has 1 N–H and O–H groups in total. The van der Waals surface area contributed by atoms with E-state index in [0.717, 1.165) is 19.3 Å². The number of hydrogen-bond donors (Lipinski definition) is 1. The summed E-state index contributed by atoms with van der Waals surface area (Å²) in [4.78, 5) is 0. The van der Waals surface area contributed by atoms with Crippen molar-refractivity contribution >= 4 is 9.84 Å². The van der Waals surface area contributed by atoms with Gasteiger partial charge in [0.1, 0.15) is 0 Å². The first-order valence-corrected chi connectivity index (χ1v) is 8.16. The standard InChI is InChI=1S/C13H29NO2S/c1-11(2)12(14-6)9-7-8-10-17(15,16)13(3,4)5/h11-12,14H,7-10H2,1-6H3. The van der Waals surface area contributed by atoms with Gasteiger partial charge in [0.05, 0.1) is 10.5 Å². The van der Waals surface area contributed by atoms with Gasteiger partial charge in [-0.1, -0.05) is 20.3 Å². The van der Waals surface area contributed by atoms with Crippen molar-refractivity contribution in [2.45, 2.75) is 64.7 Å². The molecule has 0 aliphatic heterocycles. The third kappa shape index (κ3) is 5.87. The minimum atomic E-state index is -2.94. The Morgan fingerprint density at radius 2 is 1.65 bits per heavy atom. The van der Waals surface area contributed by atoms with Crippen LogP contribution in [0.3, 0.4) is 0 Å². The van der Waals surface area contributed by atoms with Crippen LogP contribution in [0.2, 0.25) is 0 Å². The van der Waals surface area contributed by atoms with Crippen molar-refractivity contribution in [2.24, 2.45) is 5.92 Å².